The summed E-state index contributed by atoms with van der Waals surface area (Å²) < 4.78 is 0. The van der Waals surface area contributed by atoms with Crippen LogP contribution in [0.15, 0.2) is 0 Å². The first-order valence-electron chi connectivity index (χ1n) is 8.24. The van der Waals surface area contributed by atoms with Crippen molar-refractivity contribution in [2.75, 3.05) is 26.7 Å². The van der Waals surface area contributed by atoms with Gasteiger partial charge in [-0.1, -0.05) is 6.92 Å². The van der Waals surface area contributed by atoms with Crippen LogP contribution >= 0.6 is 0 Å². The van der Waals surface area contributed by atoms with E-state index < -0.39 is 5.97 Å². The van der Waals surface area contributed by atoms with Crippen molar-refractivity contribution in [2.45, 2.75) is 51.5 Å². The minimum absolute atomic E-state index is 0.0297. The van der Waals surface area contributed by atoms with E-state index in [9.17, 15) is 9.59 Å². The molecule has 1 N–H and O–H groups in total. The lowest BCUT2D eigenvalue weighted by Crippen LogP contribution is -2.43. The van der Waals surface area contributed by atoms with Crippen LogP contribution in [-0.2, 0) is 9.59 Å². The molecule has 2 aliphatic rings. The van der Waals surface area contributed by atoms with Gasteiger partial charge in [-0.25, -0.2) is 0 Å². The molecule has 1 saturated carbocycles. The number of likely N-dealkylation sites (N-methyl/N-ethyl adjacent to an activating group) is 2. The van der Waals surface area contributed by atoms with E-state index in [2.05, 4.69) is 11.8 Å². The van der Waals surface area contributed by atoms with E-state index in [0.717, 1.165) is 32.5 Å². The second-order valence-corrected chi connectivity index (χ2v) is 6.53. The lowest BCUT2D eigenvalue weighted by atomic mass is 9.81. The molecule has 1 heterocycles. The van der Waals surface area contributed by atoms with Gasteiger partial charge in [0.25, 0.3) is 0 Å². The Hall–Kier alpha value is -1.10. The zero-order chi connectivity index (χ0) is 15.4. The number of carboxylic acids is 1. The third-order valence-electron chi connectivity index (χ3n) is 5.19. The molecule has 2 rings (SSSR count). The summed E-state index contributed by atoms with van der Waals surface area (Å²) in [6.45, 7) is 5.18. The number of aliphatic carboxylic acids is 1. The molecule has 0 aromatic heterocycles. The zero-order valence-electron chi connectivity index (χ0n) is 13.3. The van der Waals surface area contributed by atoms with Gasteiger partial charge in [-0.05, 0) is 51.6 Å². The zero-order valence-corrected chi connectivity index (χ0v) is 13.3. The maximum atomic E-state index is 12.5. The van der Waals surface area contributed by atoms with Crippen molar-refractivity contribution >= 4 is 11.9 Å². The van der Waals surface area contributed by atoms with E-state index in [1.54, 1.807) is 0 Å². The Bertz CT molecular complexity index is 378. The van der Waals surface area contributed by atoms with Crippen LogP contribution in [0.3, 0.4) is 0 Å². The summed E-state index contributed by atoms with van der Waals surface area (Å²) >= 11 is 0. The molecule has 1 aliphatic heterocycles. The Morgan fingerprint density at radius 1 is 1.14 bits per heavy atom. The van der Waals surface area contributed by atoms with Gasteiger partial charge in [0, 0.05) is 25.6 Å². The maximum Gasteiger partial charge on any atom is 0.306 e. The maximum absolute atomic E-state index is 12.5. The van der Waals surface area contributed by atoms with Gasteiger partial charge < -0.3 is 10.0 Å². The molecule has 0 aromatic rings. The van der Waals surface area contributed by atoms with Gasteiger partial charge in [0.1, 0.15) is 0 Å². The molecule has 1 unspecified atom stereocenters. The Balaban J connectivity index is 1.81. The SMILES string of the molecule is CCN1CCCC1CN(C)C(=O)C1CCC(C(=O)O)CC1. The van der Waals surface area contributed by atoms with Crippen LogP contribution in [0.2, 0.25) is 0 Å². The summed E-state index contributed by atoms with van der Waals surface area (Å²) in [5, 5.41) is 9.02. The highest BCUT2D eigenvalue weighted by molar-refractivity contribution is 5.79. The lowest BCUT2D eigenvalue weighted by molar-refractivity contribution is -0.145. The number of hydrogen-bond donors (Lipinski definition) is 1. The fourth-order valence-electron chi connectivity index (χ4n) is 3.82. The Labute approximate surface area is 127 Å². The molecule has 120 valence electrons. The van der Waals surface area contributed by atoms with Crippen molar-refractivity contribution in [3.8, 4) is 0 Å². The smallest absolute Gasteiger partial charge is 0.306 e. The van der Waals surface area contributed by atoms with Gasteiger partial charge in [0.05, 0.1) is 5.92 Å². The second-order valence-electron chi connectivity index (χ2n) is 6.53. The first kappa shape index (κ1) is 16.3. The average molecular weight is 296 g/mol. The van der Waals surface area contributed by atoms with Gasteiger partial charge in [0.15, 0.2) is 0 Å². The summed E-state index contributed by atoms with van der Waals surface area (Å²) in [7, 11) is 1.90. The van der Waals surface area contributed by atoms with Crippen LogP contribution in [0.25, 0.3) is 0 Å². The number of carbonyl (C=O) groups excluding carboxylic acids is 1. The molecule has 1 atom stereocenters. The highest BCUT2D eigenvalue weighted by Gasteiger charge is 2.32. The van der Waals surface area contributed by atoms with E-state index in [4.69, 9.17) is 5.11 Å². The average Bonchev–Trinajstić information content (AvgIpc) is 2.93. The monoisotopic (exact) mass is 296 g/mol. The highest BCUT2D eigenvalue weighted by Crippen LogP contribution is 2.30. The van der Waals surface area contributed by atoms with Crippen LogP contribution < -0.4 is 0 Å². The quantitative estimate of drug-likeness (QED) is 0.840. The summed E-state index contributed by atoms with van der Waals surface area (Å²) in [6.07, 6.45) is 5.14. The molecule has 5 nitrogen and oxygen atoms in total. The number of rotatable bonds is 5. The largest absolute Gasteiger partial charge is 0.481 e. The summed E-state index contributed by atoms with van der Waals surface area (Å²) in [5.74, 6) is -0.715. The highest BCUT2D eigenvalue weighted by atomic mass is 16.4. The second kappa shape index (κ2) is 7.25. The molecule has 21 heavy (non-hydrogen) atoms. The molecule has 0 aromatic carbocycles. The van der Waals surface area contributed by atoms with Gasteiger partial charge in [0.2, 0.25) is 5.91 Å². The van der Waals surface area contributed by atoms with Crippen molar-refractivity contribution in [1.82, 2.24) is 9.80 Å². The minimum Gasteiger partial charge on any atom is -0.481 e. The first-order chi connectivity index (χ1) is 10.0. The number of likely N-dealkylation sites (tertiary alicyclic amines) is 1. The van der Waals surface area contributed by atoms with Crippen molar-refractivity contribution in [3.63, 3.8) is 0 Å². The van der Waals surface area contributed by atoms with Crippen LogP contribution in [0.4, 0.5) is 0 Å². The molecule has 0 bridgehead atoms. The van der Waals surface area contributed by atoms with Crippen molar-refractivity contribution in [3.05, 3.63) is 0 Å². The fourth-order valence-corrected chi connectivity index (χ4v) is 3.82. The number of hydrogen-bond acceptors (Lipinski definition) is 3. The molecular formula is C16H28N2O3. The lowest BCUT2D eigenvalue weighted by Gasteiger charge is -2.32. The fraction of sp³-hybridized carbons (Fsp3) is 0.875. The molecular weight excluding hydrogens is 268 g/mol. The van der Waals surface area contributed by atoms with Crippen LogP contribution in [0.5, 0.6) is 0 Å². The third kappa shape index (κ3) is 3.96. The Morgan fingerprint density at radius 2 is 1.76 bits per heavy atom. The van der Waals surface area contributed by atoms with Gasteiger partial charge >= 0.3 is 5.97 Å². The molecule has 5 heteroatoms. The standard InChI is InChI=1S/C16H28N2O3/c1-3-18-10-4-5-14(18)11-17(2)15(19)12-6-8-13(9-7-12)16(20)21/h12-14H,3-11H2,1-2H3,(H,20,21). The summed E-state index contributed by atoms with van der Waals surface area (Å²) in [5.41, 5.74) is 0. The van der Waals surface area contributed by atoms with E-state index >= 15 is 0 Å². The summed E-state index contributed by atoms with van der Waals surface area (Å²) in [4.78, 5) is 27.8. The molecule has 2 fully saturated rings. The number of carboxylic acid groups (broad SMARTS) is 1. The van der Waals surface area contributed by atoms with Crippen LogP contribution in [0.1, 0.15) is 45.4 Å². The van der Waals surface area contributed by atoms with Gasteiger partial charge in [-0.3, -0.25) is 14.5 Å². The summed E-state index contributed by atoms with van der Waals surface area (Å²) in [6, 6.07) is 0.499. The van der Waals surface area contributed by atoms with Crippen LogP contribution in [-0.4, -0.2) is 59.5 Å². The topological polar surface area (TPSA) is 60.9 Å². The molecule has 1 amide bonds. The third-order valence-corrected chi connectivity index (χ3v) is 5.19. The molecule has 1 saturated heterocycles. The van der Waals surface area contributed by atoms with Crippen molar-refractivity contribution in [1.29, 1.82) is 0 Å². The molecule has 0 radical (unpaired) electrons. The van der Waals surface area contributed by atoms with E-state index in [1.807, 2.05) is 11.9 Å². The Morgan fingerprint density at radius 3 is 2.33 bits per heavy atom. The van der Waals surface area contributed by atoms with Crippen molar-refractivity contribution in [2.24, 2.45) is 11.8 Å². The number of amides is 1. The number of nitrogens with zero attached hydrogens (tertiary/aromatic N) is 2. The van der Waals surface area contributed by atoms with E-state index in [1.165, 1.54) is 12.8 Å². The molecule has 1 aliphatic carbocycles. The van der Waals surface area contributed by atoms with E-state index in [-0.39, 0.29) is 17.7 Å². The predicted octanol–water partition coefficient (Wildman–Crippen LogP) is 1.82. The molecule has 0 spiro atoms. The number of carbonyl (C=O) groups is 2. The normalized spacial score (nSPS) is 30.3. The Kier molecular flexibility index (Phi) is 5.62. The predicted molar refractivity (Wildman–Crippen MR) is 81.0 cm³/mol. The van der Waals surface area contributed by atoms with E-state index in [0.29, 0.717) is 18.9 Å². The van der Waals surface area contributed by atoms with Crippen molar-refractivity contribution < 1.29 is 14.7 Å². The van der Waals surface area contributed by atoms with Gasteiger partial charge in [-0.15, -0.1) is 0 Å². The minimum atomic E-state index is -0.709. The first-order valence-corrected chi connectivity index (χ1v) is 8.24. The van der Waals surface area contributed by atoms with Gasteiger partial charge in [-0.2, -0.15) is 0 Å². The van der Waals surface area contributed by atoms with Crippen LogP contribution in [0, 0.1) is 11.8 Å².